The number of terminal acetylenes is 2. The largest absolute Gasteiger partial charge is 0.483 e. The standard InChI is InChI=1S/C15H16N2O.2C11H11NO3.C11H13NO.C6H4FNO2.2C5H8O/c1-9-6-14(16)17-12-7-10-4-5-15(2,3)18-13(10)8-11(9)12;1-11(2)6-5-8-7-9(12(13)14)3-4-10(8)15-11;1-4-11(2,3)15-10-7-5-9(6-8-10)12(13)14;1-11(2)6-5-8-7-9(12)3-4-10(8)13-11;7-5-1-3-6(4-2-5)8(9)10;1-4-5(2,3)6;1-3-4-5(2)6/h4-8H,1-3H3,(H2,16,17);3-7H,1-2H3;1,5-8H,2-3H3;3-7H,12H2,1-2H3;1-4H;1,6H,2-3H3;3-4H,1-2H3/b;;;;;;4-3+. The number of non-ortho nitro benzene ring substituents is 3. The lowest BCUT2D eigenvalue weighted by Crippen LogP contribution is -2.27. The Balaban J connectivity index is 0.000000261. The van der Waals surface area contributed by atoms with E-state index in [9.17, 15) is 39.5 Å². The highest BCUT2D eigenvalue weighted by atomic mass is 19.1. The number of allylic oxidation sites excluding steroid dienone is 2. The number of nitro benzene ring substituents is 3. The molecular formula is C64H71FN6O12. The first-order valence-corrected chi connectivity index (χ1v) is 25.7. The average Bonchev–Trinajstić information content (AvgIpc) is 3.60. The summed E-state index contributed by atoms with van der Waals surface area (Å²) in [6.45, 7) is 24.0. The van der Waals surface area contributed by atoms with Crippen LogP contribution in [0.25, 0.3) is 29.1 Å². The zero-order valence-electron chi connectivity index (χ0n) is 48.8. The van der Waals surface area contributed by atoms with Crippen molar-refractivity contribution in [2.24, 2.45) is 0 Å². The van der Waals surface area contributed by atoms with Gasteiger partial charge >= 0.3 is 0 Å². The maximum atomic E-state index is 12.1. The summed E-state index contributed by atoms with van der Waals surface area (Å²) >= 11 is 0. The van der Waals surface area contributed by atoms with Gasteiger partial charge in [-0.3, -0.25) is 35.1 Å². The van der Waals surface area contributed by atoms with E-state index in [1.165, 1.54) is 49.4 Å². The number of nitrogens with two attached hydrogens (primary N) is 2. The van der Waals surface area contributed by atoms with Crippen LogP contribution >= 0.6 is 0 Å². The Morgan fingerprint density at radius 1 is 0.663 bits per heavy atom. The van der Waals surface area contributed by atoms with Gasteiger partial charge < -0.3 is 35.5 Å². The number of nitro groups is 3. The van der Waals surface area contributed by atoms with Crippen molar-refractivity contribution in [1.82, 2.24) is 4.98 Å². The zero-order chi connectivity index (χ0) is 62.7. The lowest BCUT2D eigenvalue weighted by molar-refractivity contribution is -0.385. The fourth-order valence-electron chi connectivity index (χ4n) is 6.93. The lowest BCUT2D eigenvalue weighted by atomic mass is 10.00. The van der Waals surface area contributed by atoms with Crippen molar-refractivity contribution in [3.63, 3.8) is 0 Å². The molecule has 0 bridgehead atoms. The number of halogens is 1. The molecule has 0 atom stereocenters. The first kappa shape index (κ1) is 67.4. The predicted octanol–water partition coefficient (Wildman–Crippen LogP) is 14.2. The van der Waals surface area contributed by atoms with E-state index in [1.807, 2.05) is 104 Å². The van der Waals surface area contributed by atoms with E-state index in [2.05, 4.69) is 41.1 Å². The SMILES string of the molecule is C#CC(C)(C)O.C#CC(C)(C)Oc1ccc([N+](=O)[O-])cc1.C/C=C/C(C)=O.CC1(C)C=Cc2cc(N)ccc2O1.CC1(C)C=Cc2cc([N+](=O)[O-])ccc2O1.Cc1cc(N)nc2cc3c(cc12)OC(C)(C)C=C3.O=[N+]([O-])c1ccc(F)cc1. The number of benzene rings is 5. The number of ether oxygens (including phenoxy) is 4. The number of aromatic nitrogens is 1. The van der Waals surface area contributed by atoms with E-state index >= 15 is 0 Å². The normalized spacial score (nSPS) is 13.8. The Hall–Kier alpha value is -9.85. The number of carbonyl (C=O) groups is 1. The number of nitrogens with zero attached hydrogens (tertiary/aromatic N) is 4. The molecule has 0 unspecified atom stereocenters. The molecule has 0 fully saturated rings. The Labute approximate surface area is 483 Å². The van der Waals surface area contributed by atoms with E-state index in [0.717, 1.165) is 74.6 Å². The van der Waals surface area contributed by atoms with Crippen LogP contribution in [0.1, 0.15) is 105 Å². The third-order valence-electron chi connectivity index (χ3n) is 11.1. The van der Waals surface area contributed by atoms with E-state index in [1.54, 1.807) is 39.8 Å². The fraction of sp³-hybridized carbons (Fsp3) is 0.281. The summed E-state index contributed by atoms with van der Waals surface area (Å²) in [5.74, 6) is 7.85. The van der Waals surface area contributed by atoms with Crippen molar-refractivity contribution in [2.45, 2.75) is 118 Å². The monoisotopic (exact) mass is 1130 g/mol. The van der Waals surface area contributed by atoms with E-state index in [0.29, 0.717) is 17.3 Å². The molecule has 0 radical (unpaired) electrons. The van der Waals surface area contributed by atoms with Crippen LogP contribution in [0.15, 0.2) is 134 Å². The van der Waals surface area contributed by atoms with Crippen molar-refractivity contribution in [3.8, 4) is 47.7 Å². The summed E-state index contributed by atoms with van der Waals surface area (Å²) in [6, 6.07) is 26.4. The first-order valence-electron chi connectivity index (χ1n) is 25.7. The van der Waals surface area contributed by atoms with Gasteiger partial charge in [-0.15, -0.1) is 12.8 Å². The molecule has 83 heavy (non-hydrogen) atoms. The number of ketones is 1. The summed E-state index contributed by atoms with van der Waals surface area (Å²) in [7, 11) is 0. The molecule has 0 aliphatic carbocycles. The summed E-state index contributed by atoms with van der Waals surface area (Å²) in [5.41, 5.74) is 14.7. The average molecular weight is 1140 g/mol. The first-order chi connectivity index (χ1) is 38.5. The maximum absolute atomic E-state index is 12.1. The van der Waals surface area contributed by atoms with Gasteiger partial charge in [0, 0.05) is 64.2 Å². The number of aryl methyl sites for hydroxylation is 1. The third-order valence-corrected chi connectivity index (χ3v) is 11.1. The van der Waals surface area contributed by atoms with Gasteiger partial charge in [-0.25, -0.2) is 9.37 Å². The summed E-state index contributed by atoms with van der Waals surface area (Å²) in [4.78, 5) is 43.8. The molecule has 19 heteroatoms. The Bertz CT molecular complexity index is 3490. The van der Waals surface area contributed by atoms with Crippen LogP contribution in [0.2, 0.25) is 0 Å². The zero-order valence-corrected chi connectivity index (χ0v) is 48.8. The molecule has 5 N–H and O–H groups in total. The van der Waals surface area contributed by atoms with Gasteiger partial charge in [-0.2, -0.15) is 0 Å². The second-order valence-electron chi connectivity index (χ2n) is 21.2. The van der Waals surface area contributed by atoms with Crippen molar-refractivity contribution >= 4 is 63.5 Å². The van der Waals surface area contributed by atoms with Gasteiger partial charge in [-0.1, -0.05) is 36.1 Å². The van der Waals surface area contributed by atoms with E-state index < -0.39 is 31.8 Å². The number of fused-ring (bicyclic) bond motifs is 4. The highest BCUT2D eigenvalue weighted by Gasteiger charge is 2.25. The number of nitrogen functional groups attached to an aromatic ring is 2. The van der Waals surface area contributed by atoms with Gasteiger partial charge in [0.1, 0.15) is 57.0 Å². The molecule has 1 aromatic heterocycles. The molecule has 3 aliphatic rings. The number of hydrogen-bond acceptors (Lipinski definition) is 15. The molecule has 18 nitrogen and oxygen atoms in total. The Morgan fingerprint density at radius 3 is 1.51 bits per heavy atom. The van der Waals surface area contributed by atoms with Crippen LogP contribution < -0.4 is 30.4 Å². The molecule has 436 valence electrons. The Kier molecular flexibility index (Phi) is 23.6. The lowest BCUT2D eigenvalue weighted by Gasteiger charge is -2.28. The molecular weight excluding hydrogens is 1060 g/mol. The number of pyridine rings is 1. The van der Waals surface area contributed by atoms with Crippen LogP contribution in [0.5, 0.6) is 23.0 Å². The second kappa shape index (κ2) is 29.0. The molecule has 6 aromatic rings. The van der Waals surface area contributed by atoms with Crippen molar-refractivity contribution in [3.05, 3.63) is 192 Å². The van der Waals surface area contributed by atoms with Crippen LogP contribution in [-0.4, -0.2) is 58.6 Å². The van der Waals surface area contributed by atoms with Crippen LogP contribution in [0, 0.1) is 67.8 Å². The van der Waals surface area contributed by atoms with Crippen LogP contribution in [-0.2, 0) is 4.79 Å². The molecule has 9 rings (SSSR count). The quantitative estimate of drug-likeness (QED) is 0.0460. The molecule has 3 aliphatic heterocycles. The number of hydrogen-bond donors (Lipinski definition) is 3. The van der Waals surface area contributed by atoms with Gasteiger partial charge in [0.2, 0.25) is 0 Å². The summed E-state index contributed by atoms with van der Waals surface area (Å²) in [5, 5.41) is 40.6. The fourth-order valence-corrected chi connectivity index (χ4v) is 6.93. The van der Waals surface area contributed by atoms with Gasteiger partial charge in [0.05, 0.1) is 20.3 Å². The minimum Gasteiger partial charge on any atom is -0.483 e. The number of carbonyl (C=O) groups excluding carboxylic acids is 1. The molecule has 4 heterocycles. The van der Waals surface area contributed by atoms with Gasteiger partial charge in [0.15, 0.2) is 11.4 Å². The van der Waals surface area contributed by atoms with Gasteiger partial charge in [-0.05, 0) is 187 Å². The number of aliphatic hydroxyl groups is 1. The topological polar surface area (TPSA) is 269 Å². The van der Waals surface area contributed by atoms with E-state index in [-0.39, 0.29) is 39.6 Å². The van der Waals surface area contributed by atoms with E-state index in [4.69, 9.17) is 48.4 Å². The summed E-state index contributed by atoms with van der Waals surface area (Å²) < 4.78 is 34.9. The third kappa shape index (κ3) is 23.4. The highest BCUT2D eigenvalue weighted by molar-refractivity contribution is 5.88. The van der Waals surface area contributed by atoms with Crippen molar-refractivity contribution in [2.75, 3.05) is 11.5 Å². The Morgan fingerprint density at radius 2 is 1.08 bits per heavy atom. The predicted molar refractivity (Wildman–Crippen MR) is 326 cm³/mol. The molecule has 0 saturated carbocycles. The molecule has 0 spiro atoms. The van der Waals surface area contributed by atoms with Gasteiger partial charge in [0.25, 0.3) is 17.1 Å². The van der Waals surface area contributed by atoms with Crippen LogP contribution in [0.4, 0.5) is 33.0 Å². The molecule has 0 saturated heterocycles. The highest BCUT2D eigenvalue weighted by Crippen LogP contribution is 2.36. The summed E-state index contributed by atoms with van der Waals surface area (Å²) in [6.07, 6.45) is 25.3. The number of rotatable bonds is 6. The van der Waals surface area contributed by atoms with Crippen molar-refractivity contribution < 1.29 is 48.0 Å². The second-order valence-corrected chi connectivity index (χ2v) is 21.2. The molecule has 5 aromatic carbocycles. The smallest absolute Gasteiger partial charge is 0.270 e. The number of anilines is 2. The minimum atomic E-state index is -0.931. The van der Waals surface area contributed by atoms with Crippen molar-refractivity contribution in [1.29, 1.82) is 0 Å². The molecule has 0 amide bonds. The van der Waals surface area contributed by atoms with Crippen LogP contribution in [0.3, 0.4) is 0 Å². The minimum absolute atomic E-state index is 0.0286. The maximum Gasteiger partial charge on any atom is 0.270 e.